The van der Waals surface area contributed by atoms with Crippen molar-refractivity contribution in [1.82, 2.24) is 14.0 Å². The summed E-state index contributed by atoms with van der Waals surface area (Å²) in [4.78, 5) is 45.5. The molecule has 3 aromatic heterocycles. The van der Waals surface area contributed by atoms with Crippen LogP contribution in [0.4, 0.5) is 5.69 Å². The largest absolute Gasteiger partial charge is 0.305 e. The Morgan fingerprint density at radius 3 is 2.63 bits per heavy atom. The van der Waals surface area contributed by atoms with Crippen molar-refractivity contribution in [2.24, 2.45) is 4.99 Å². The summed E-state index contributed by atoms with van der Waals surface area (Å²) in [6, 6.07) is 23.7. The molecule has 0 fully saturated rings. The molecule has 0 unspecified atom stereocenters. The van der Waals surface area contributed by atoms with Crippen molar-refractivity contribution < 1.29 is 9.72 Å². The van der Waals surface area contributed by atoms with Gasteiger partial charge in [0.2, 0.25) is 0 Å². The predicted octanol–water partition coefficient (Wildman–Crippen LogP) is 3.62. The summed E-state index contributed by atoms with van der Waals surface area (Å²) >= 11 is 0. The second kappa shape index (κ2) is 10.1. The Balaban J connectivity index is 1.72. The fourth-order valence-electron chi connectivity index (χ4n) is 4.05. The average molecular weight is 502 g/mol. The number of benzene rings is 2. The van der Waals surface area contributed by atoms with Crippen LogP contribution in [0.1, 0.15) is 16.7 Å². The van der Waals surface area contributed by atoms with E-state index >= 15 is 0 Å². The van der Waals surface area contributed by atoms with Crippen LogP contribution in [0.15, 0.2) is 101 Å². The summed E-state index contributed by atoms with van der Waals surface area (Å²) in [7, 11) is 0. The first-order valence-corrected chi connectivity index (χ1v) is 11.4. The minimum atomic E-state index is -0.688. The van der Waals surface area contributed by atoms with Gasteiger partial charge in [0, 0.05) is 24.4 Å². The van der Waals surface area contributed by atoms with Gasteiger partial charge in [-0.1, -0.05) is 48.5 Å². The van der Waals surface area contributed by atoms with Crippen LogP contribution in [0, 0.1) is 21.4 Å². The zero-order valence-corrected chi connectivity index (χ0v) is 19.8. The molecule has 0 saturated heterocycles. The van der Waals surface area contributed by atoms with Crippen LogP contribution in [0.3, 0.4) is 0 Å². The molecule has 5 aromatic rings. The minimum absolute atomic E-state index is 0.0281. The van der Waals surface area contributed by atoms with E-state index in [1.54, 1.807) is 35.0 Å². The van der Waals surface area contributed by atoms with Crippen LogP contribution < -0.4 is 11.0 Å². The Kier molecular flexibility index (Phi) is 6.40. The van der Waals surface area contributed by atoms with Gasteiger partial charge in [-0.15, -0.1) is 0 Å². The highest BCUT2D eigenvalue weighted by atomic mass is 16.6. The summed E-state index contributed by atoms with van der Waals surface area (Å²) in [6.45, 7) is 0.197. The molecule has 0 aliphatic carbocycles. The van der Waals surface area contributed by atoms with E-state index in [2.05, 4.69) is 9.98 Å². The normalized spacial score (nSPS) is 11.7. The molecule has 10 nitrogen and oxygen atoms in total. The minimum Gasteiger partial charge on any atom is -0.305 e. The molecule has 0 atom stereocenters. The van der Waals surface area contributed by atoms with Gasteiger partial charge in [-0.2, -0.15) is 10.3 Å². The summed E-state index contributed by atoms with van der Waals surface area (Å²) in [6.07, 6.45) is 4.17. The number of fused-ring (bicyclic) bond motifs is 2. The van der Waals surface area contributed by atoms with E-state index in [-0.39, 0.29) is 39.9 Å². The number of nitro groups is 1. The van der Waals surface area contributed by atoms with Gasteiger partial charge in [0.25, 0.3) is 17.2 Å². The Labute approximate surface area is 214 Å². The van der Waals surface area contributed by atoms with Crippen LogP contribution in [0.5, 0.6) is 0 Å². The standard InChI is InChI=1S/C28H18N6O4/c29-17-21-16-23-27(30-24-11-4-5-14-32(24)28(23)36)33(18-20-7-2-1-3-8-20)26(21)31-25(35)13-12-19-9-6-10-22(15-19)34(37)38/h1-16H,18H2/b13-12+,31-26?. The molecule has 184 valence electrons. The van der Waals surface area contributed by atoms with E-state index in [1.165, 1.54) is 40.8 Å². The zero-order chi connectivity index (χ0) is 26.6. The number of carbonyl (C=O) groups is 1. The fourth-order valence-corrected chi connectivity index (χ4v) is 4.05. The van der Waals surface area contributed by atoms with Crippen LogP contribution in [-0.4, -0.2) is 24.8 Å². The topological polar surface area (TPSA) is 136 Å². The monoisotopic (exact) mass is 502 g/mol. The molecule has 10 heteroatoms. The smallest absolute Gasteiger partial charge is 0.271 e. The molecular weight excluding hydrogens is 484 g/mol. The molecule has 0 saturated carbocycles. The number of hydrogen-bond acceptors (Lipinski definition) is 6. The lowest BCUT2D eigenvalue weighted by Gasteiger charge is -2.13. The molecule has 0 radical (unpaired) electrons. The lowest BCUT2D eigenvalue weighted by Crippen LogP contribution is -2.29. The number of carbonyl (C=O) groups excluding carboxylic acids is 1. The summed E-state index contributed by atoms with van der Waals surface area (Å²) < 4.78 is 2.97. The highest BCUT2D eigenvalue weighted by Gasteiger charge is 2.15. The Bertz CT molecular complexity index is 1930. The number of hydrogen-bond donors (Lipinski definition) is 0. The number of pyridine rings is 2. The van der Waals surface area contributed by atoms with E-state index in [1.807, 2.05) is 36.4 Å². The van der Waals surface area contributed by atoms with Gasteiger partial charge in [-0.05, 0) is 35.4 Å². The number of non-ortho nitro benzene ring substituents is 1. The Hall–Kier alpha value is -5.69. The number of aromatic nitrogens is 3. The first kappa shape index (κ1) is 24.0. The number of nitro benzene ring substituents is 1. The maximum absolute atomic E-state index is 13.3. The van der Waals surface area contributed by atoms with Crippen molar-refractivity contribution in [3.63, 3.8) is 0 Å². The van der Waals surface area contributed by atoms with Crippen molar-refractivity contribution in [1.29, 1.82) is 5.26 Å². The van der Waals surface area contributed by atoms with E-state index in [9.17, 15) is 25.0 Å². The second-order valence-electron chi connectivity index (χ2n) is 8.28. The van der Waals surface area contributed by atoms with Crippen molar-refractivity contribution in [2.45, 2.75) is 6.54 Å². The summed E-state index contributed by atoms with van der Waals surface area (Å²) in [5, 5.41) is 21.2. The van der Waals surface area contributed by atoms with Crippen LogP contribution in [-0.2, 0) is 11.3 Å². The summed E-state index contributed by atoms with van der Waals surface area (Å²) in [5.74, 6) is -0.688. The molecule has 0 spiro atoms. The van der Waals surface area contributed by atoms with Gasteiger partial charge in [-0.3, -0.25) is 24.1 Å². The quantitative estimate of drug-likeness (QED) is 0.156. The van der Waals surface area contributed by atoms with Gasteiger partial charge in [-0.25, -0.2) is 4.98 Å². The predicted molar refractivity (Wildman–Crippen MR) is 140 cm³/mol. The van der Waals surface area contributed by atoms with E-state index in [0.29, 0.717) is 11.2 Å². The molecule has 38 heavy (non-hydrogen) atoms. The first-order chi connectivity index (χ1) is 18.4. The molecule has 0 aliphatic rings. The second-order valence-corrected chi connectivity index (χ2v) is 8.28. The maximum atomic E-state index is 13.3. The van der Waals surface area contributed by atoms with Crippen LogP contribution >= 0.6 is 0 Å². The maximum Gasteiger partial charge on any atom is 0.271 e. The molecular formula is C28H18N6O4. The third-order valence-corrected chi connectivity index (χ3v) is 5.81. The third kappa shape index (κ3) is 4.72. The number of amides is 1. The highest BCUT2D eigenvalue weighted by molar-refractivity contribution is 5.92. The van der Waals surface area contributed by atoms with Crippen molar-refractivity contribution in [3.05, 3.63) is 134 Å². The van der Waals surface area contributed by atoms with Crippen LogP contribution in [0.2, 0.25) is 0 Å². The molecule has 5 rings (SSSR count). The lowest BCUT2D eigenvalue weighted by atomic mass is 10.2. The van der Waals surface area contributed by atoms with Gasteiger partial charge in [0.1, 0.15) is 17.4 Å². The Morgan fingerprint density at radius 1 is 1.08 bits per heavy atom. The zero-order valence-electron chi connectivity index (χ0n) is 19.8. The lowest BCUT2D eigenvalue weighted by molar-refractivity contribution is -0.384. The van der Waals surface area contributed by atoms with Gasteiger partial charge in [0.15, 0.2) is 5.49 Å². The average Bonchev–Trinajstić information content (AvgIpc) is 2.94. The number of rotatable bonds is 5. The molecule has 0 bridgehead atoms. The fraction of sp³-hybridized carbons (Fsp3) is 0.0357. The highest BCUT2D eigenvalue weighted by Crippen LogP contribution is 2.15. The molecule has 2 aromatic carbocycles. The number of nitrogens with zero attached hydrogens (tertiary/aromatic N) is 6. The van der Waals surface area contributed by atoms with Crippen LogP contribution in [0.25, 0.3) is 22.8 Å². The van der Waals surface area contributed by atoms with Crippen molar-refractivity contribution in [2.75, 3.05) is 0 Å². The first-order valence-electron chi connectivity index (χ1n) is 11.4. The van der Waals surface area contributed by atoms with E-state index in [4.69, 9.17) is 0 Å². The SMILES string of the molecule is N#Cc1cc2c(=O)n3ccccc3nc2n(Cc2ccccc2)c1=NC(=O)/C=C/c1cccc([N+](=O)[O-])c1. The Morgan fingerprint density at radius 2 is 1.87 bits per heavy atom. The van der Waals surface area contributed by atoms with Gasteiger partial charge >= 0.3 is 0 Å². The molecule has 3 heterocycles. The molecule has 0 aliphatic heterocycles. The van der Waals surface area contributed by atoms with Crippen molar-refractivity contribution >= 4 is 34.4 Å². The van der Waals surface area contributed by atoms with Crippen molar-refractivity contribution in [3.8, 4) is 6.07 Å². The van der Waals surface area contributed by atoms with Gasteiger partial charge < -0.3 is 4.57 Å². The van der Waals surface area contributed by atoms with E-state index < -0.39 is 10.8 Å². The van der Waals surface area contributed by atoms with Gasteiger partial charge in [0.05, 0.1) is 22.4 Å². The molecule has 0 N–H and O–H groups in total. The van der Waals surface area contributed by atoms with E-state index in [0.717, 1.165) is 5.56 Å². The molecule has 1 amide bonds. The summed E-state index contributed by atoms with van der Waals surface area (Å²) in [5.41, 5.74) is 1.58. The number of nitriles is 1. The third-order valence-electron chi connectivity index (χ3n) is 5.81.